The Kier molecular flexibility index (Phi) is 3.50. The normalized spacial score (nSPS) is 11.3. The summed E-state index contributed by atoms with van der Waals surface area (Å²) in [4.78, 5) is 14.9. The largest absolute Gasteiger partial charge is 0.544 e. The summed E-state index contributed by atoms with van der Waals surface area (Å²) in [6, 6.07) is 8.85. The molecule has 1 heterocycles. The Balaban J connectivity index is 2.67. The van der Waals surface area contributed by atoms with E-state index in [4.69, 9.17) is 16.9 Å². The molecule has 2 rings (SSSR count). The average molecular weight is 272 g/mol. The number of aliphatic carboxylic acids is 1. The lowest BCUT2D eigenvalue weighted by atomic mass is 10.1. The summed E-state index contributed by atoms with van der Waals surface area (Å²) in [5.74, 6) is -1.54. The van der Waals surface area contributed by atoms with E-state index in [2.05, 4.69) is 4.98 Å². The molecule has 0 bridgehead atoms. The van der Waals surface area contributed by atoms with Crippen LogP contribution >= 0.6 is 11.6 Å². The number of carbonyl (C=O) groups is 1. The van der Waals surface area contributed by atoms with E-state index in [-0.39, 0.29) is 5.15 Å². The molecule has 0 saturated heterocycles. The molecule has 0 fully saturated rings. The number of benzene rings is 1. The summed E-state index contributed by atoms with van der Waals surface area (Å²) >= 11 is 6.00. The fraction of sp³-hybridized carbons (Fsp3) is 0.0714. The molecule has 4 nitrogen and oxygen atoms in total. The summed E-state index contributed by atoms with van der Waals surface area (Å²) in [5, 5.41) is 20.4. The molecule has 1 aromatic carbocycles. The minimum atomic E-state index is -1.54. The number of fused-ring (bicyclic) bond motifs is 1. The number of para-hydroxylation sites is 1. The highest BCUT2D eigenvalue weighted by molar-refractivity contribution is 6.31. The highest BCUT2D eigenvalue weighted by atomic mass is 35.5. The zero-order chi connectivity index (χ0) is 14.0. The van der Waals surface area contributed by atoms with Crippen molar-refractivity contribution >= 4 is 34.5 Å². The van der Waals surface area contributed by atoms with Crippen LogP contribution in [0.3, 0.4) is 0 Å². The van der Waals surface area contributed by atoms with Gasteiger partial charge in [-0.15, -0.1) is 0 Å². The zero-order valence-corrected chi connectivity index (χ0v) is 10.7. The monoisotopic (exact) mass is 271 g/mol. The van der Waals surface area contributed by atoms with Crippen molar-refractivity contribution in [3.05, 3.63) is 46.1 Å². The first-order chi connectivity index (χ1) is 9.02. The first kappa shape index (κ1) is 13.1. The van der Waals surface area contributed by atoms with Gasteiger partial charge in [0.15, 0.2) is 0 Å². The van der Waals surface area contributed by atoms with E-state index in [1.54, 1.807) is 12.1 Å². The van der Waals surface area contributed by atoms with Crippen LogP contribution in [0, 0.1) is 18.3 Å². The van der Waals surface area contributed by atoms with Crippen LogP contribution in [-0.4, -0.2) is 11.0 Å². The zero-order valence-electron chi connectivity index (χ0n) is 9.98. The summed E-state index contributed by atoms with van der Waals surface area (Å²) in [5.41, 5.74) is 1.60. The Bertz CT molecular complexity index is 745. The van der Waals surface area contributed by atoms with Crippen molar-refractivity contribution in [2.45, 2.75) is 6.92 Å². The SMILES string of the molecule is Cc1cccc2cc(/C=C(\C#N)C(=O)[O-])c(Cl)nc12. The van der Waals surface area contributed by atoms with E-state index in [1.807, 2.05) is 25.1 Å². The quantitative estimate of drug-likeness (QED) is 0.474. The molecular weight excluding hydrogens is 264 g/mol. The third-order valence-electron chi connectivity index (χ3n) is 2.67. The molecule has 5 heteroatoms. The molecule has 19 heavy (non-hydrogen) atoms. The number of halogens is 1. The first-order valence-electron chi connectivity index (χ1n) is 5.42. The van der Waals surface area contributed by atoms with Crippen molar-refractivity contribution in [1.82, 2.24) is 4.98 Å². The van der Waals surface area contributed by atoms with Gasteiger partial charge < -0.3 is 9.90 Å². The maximum Gasteiger partial charge on any atom is 0.137 e. The predicted molar refractivity (Wildman–Crippen MR) is 70.1 cm³/mol. The summed E-state index contributed by atoms with van der Waals surface area (Å²) < 4.78 is 0. The third-order valence-corrected chi connectivity index (χ3v) is 2.97. The van der Waals surface area contributed by atoms with E-state index in [0.29, 0.717) is 5.56 Å². The minimum absolute atomic E-state index is 0.149. The van der Waals surface area contributed by atoms with Crippen molar-refractivity contribution in [3.8, 4) is 6.07 Å². The van der Waals surface area contributed by atoms with Crippen LogP contribution in [0.2, 0.25) is 5.15 Å². The first-order valence-corrected chi connectivity index (χ1v) is 5.79. The van der Waals surface area contributed by atoms with Crippen molar-refractivity contribution < 1.29 is 9.90 Å². The lowest BCUT2D eigenvalue weighted by molar-refractivity contribution is -0.298. The lowest BCUT2D eigenvalue weighted by Gasteiger charge is -2.06. The van der Waals surface area contributed by atoms with Gasteiger partial charge >= 0.3 is 0 Å². The molecule has 0 amide bonds. The van der Waals surface area contributed by atoms with Crippen LogP contribution in [0.15, 0.2) is 29.8 Å². The van der Waals surface area contributed by atoms with Crippen LogP contribution in [0.1, 0.15) is 11.1 Å². The number of pyridine rings is 1. The summed E-state index contributed by atoms with van der Waals surface area (Å²) in [6.45, 7) is 1.91. The second-order valence-corrected chi connectivity index (χ2v) is 4.33. The standard InChI is InChI=1S/C14H9ClN2O2/c1-8-3-2-4-9-5-10(13(15)17-12(8)9)6-11(7-16)14(18)19/h2-6H,1H3,(H,18,19)/p-1/b11-6+. The number of carboxylic acid groups (broad SMARTS) is 1. The van der Waals surface area contributed by atoms with E-state index >= 15 is 0 Å². The Morgan fingerprint density at radius 1 is 1.53 bits per heavy atom. The number of rotatable bonds is 2. The van der Waals surface area contributed by atoms with Crippen molar-refractivity contribution in [2.24, 2.45) is 0 Å². The van der Waals surface area contributed by atoms with Gasteiger partial charge in [-0.1, -0.05) is 29.8 Å². The van der Waals surface area contributed by atoms with Gasteiger partial charge in [-0.05, 0) is 24.6 Å². The molecule has 0 saturated carbocycles. The van der Waals surface area contributed by atoms with Crippen molar-refractivity contribution in [3.63, 3.8) is 0 Å². The molecule has 0 aliphatic rings. The molecule has 0 aliphatic heterocycles. The molecule has 0 radical (unpaired) electrons. The number of aryl methyl sites for hydroxylation is 1. The van der Waals surface area contributed by atoms with Gasteiger partial charge in [-0.3, -0.25) is 0 Å². The molecule has 0 atom stereocenters. The highest BCUT2D eigenvalue weighted by Gasteiger charge is 2.06. The van der Waals surface area contributed by atoms with Gasteiger partial charge in [-0.25, -0.2) is 4.98 Å². The molecular formula is C14H8ClN2O2-. The third kappa shape index (κ3) is 2.56. The number of carboxylic acids is 1. The lowest BCUT2D eigenvalue weighted by Crippen LogP contribution is -2.23. The van der Waals surface area contributed by atoms with E-state index < -0.39 is 11.5 Å². The van der Waals surface area contributed by atoms with Gasteiger partial charge in [0.1, 0.15) is 11.2 Å². The Morgan fingerprint density at radius 2 is 2.26 bits per heavy atom. The molecule has 0 spiro atoms. The van der Waals surface area contributed by atoms with Gasteiger partial charge in [0, 0.05) is 10.9 Å². The predicted octanol–water partition coefficient (Wildman–Crippen LogP) is 1.85. The maximum absolute atomic E-state index is 10.7. The number of hydrogen-bond donors (Lipinski definition) is 0. The molecule has 0 N–H and O–H groups in total. The number of nitriles is 1. The Hall–Kier alpha value is -2.38. The van der Waals surface area contributed by atoms with Crippen LogP contribution in [0.25, 0.3) is 17.0 Å². The van der Waals surface area contributed by atoms with E-state index in [1.165, 1.54) is 0 Å². The summed E-state index contributed by atoms with van der Waals surface area (Å²) in [7, 11) is 0. The smallest absolute Gasteiger partial charge is 0.137 e. The maximum atomic E-state index is 10.7. The Labute approximate surface area is 114 Å². The van der Waals surface area contributed by atoms with Crippen LogP contribution < -0.4 is 5.11 Å². The number of nitrogens with zero attached hydrogens (tertiary/aromatic N) is 2. The van der Waals surface area contributed by atoms with Gasteiger partial charge in [0.2, 0.25) is 0 Å². The molecule has 94 valence electrons. The van der Waals surface area contributed by atoms with E-state index in [0.717, 1.165) is 22.5 Å². The molecule has 1 aromatic heterocycles. The van der Waals surface area contributed by atoms with Gasteiger partial charge in [0.25, 0.3) is 0 Å². The van der Waals surface area contributed by atoms with Gasteiger partial charge in [0.05, 0.1) is 17.1 Å². The molecule has 2 aromatic rings. The van der Waals surface area contributed by atoms with Crippen LogP contribution in [0.5, 0.6) is 0 Å². The molecule has 0 unspecified atom stereocenters. The van der Waals surface area contributed by atoms with Gasteiger partial charge in [-0.2, -0.15) is 5.26 Å². The Morgan fingerprint density at radius 3 is 2.89 bits per heavy atom. The number of carbonyl (C=O) groups excluding carboxylic acids is 1. The second kappa shape index (κ2) is 5.09. The second-order valence-electron chi connectivity index (χ2n) is 3.97. The topological polar surface area (TPSA) is 76.8 Å². The fourth-order valence-electron chi connectivity index (χ4n) is 1.73. The van der Waals surface area contributed by atoms with Crippen molar-refractivity contribution in [1.29, 1.82) is 5.26 Å². The highest BCUT2D eigenvalue weighted by Crippen LogP contribution is 2.24. The van der Waals surface area contributed by atoms with Crippen LogP contribution in [-0.2, 0) is 4.79 Å². The van der Waals surface area contributed by atoms with Crippen LogP contribution in [0.4, 0.5) is 0 Å². The fourth-order valence-corrected chi connectivity index (χ4v) is 1.93. The number of hydrogen-bond acceptors (Lipinski definition) is 4. The summed E-state index contributed by atoms with van der Waals surface area (Å²) in [6.07, 6.45) is 1.16. The number of aromatic nitrogens is 1. The minimum Gasteiger partial charge on any atom is -0.544 e. The van der Waals surface area contributed by atoms with Crippen molar-refractivity contribution in [2.75, 3.05) is 0 Å². The molecule has 0 aliphatic carbocycles. The van der Waals surface area contributed by atoms with E-state index in [9.17, 15) is 9.90 Å². The average Bonchev–Trinajstić information content (AvgIpc) is 2.37.